The van der Waals surface area contributed by atoms with Crippen LogP contribution in [0.4, 0.5) is 17.6 Å². The van der Waals surface area contributed by atoms with Gasteiger partial charge in [0.1, 0.15) is 5.82 Å². The highest BCUT2D eigenvalue weighted by Crippen LogP contribution is 2.52. The first kappa shape index (κ1) is 12.4. The molecule has 4 heteroatoms. The fourth-order valence-electron chi connectivity index (χ4n) is 2.33. The molecule has 0 heterocycles. The van der Waals surface area contributed by atoms with Gasteiger partial charge in [0, 0.05) is 0 Å². The number of halogens is 4. The summed E-state index contributed by atoms with van der Waals surface area (Å²) < 4.78 is 50.7. The van der Waals surface area contributed by atoms with Gasteiger partial charge in [-0.05, 0) is 41.9 Å². The van der Waals surface area contributed by atoms with Crippen LogP contribution in [0.1, 0.15) is 37.3 Å². The predicted molar refractivity (Wildman–Crippen MR) is 57.1 cm³/mol. The first-order valence-electron chi connectivity index (χ1n) is 5.67. The van der Waals surface area contributed by atoms with Crippen molar-refractivity contribution in [3.8, 4) is 0 Å². The fourth-order valence-corrected chi connectivity index (χ4v) is 2.33. The topological polar surface area (TPSA) is 0 Å². The highest BCUT2D eigenvalue weighted by molar-refractivity contribution is 5.33. The molecule has 94 valence electrons. The maximum Gasteiger partial charge on any atom is 0.419 e. The zero-order chi connectivity index (χ0) is 12.8. The Morgan fingerprint density at radius 2 is 1.88 bits per heavy atom. The van der Waals surface area contributed by atoms with Crippen LogP contribution >= 0.6 is 0 Å². The average molecular weight is 246 g/mol. The molecule has 1 aliphatic carbocycles. The monoisotopic (exact) mass is 246 g/mol. The van der Waals surface area contributed by atoms with Gasteiger partial charge in [0.25, 0.3) is 0 Å². The Balaban J connectivity index is 2.27. The van der Waals surface area contributed by atoms with Crippen molar-refractivity contribution >= 4 is 0 Å². The minimum atomic E-state index is -4.61. The van der Waals surface area contributed by atoms with Crippen LogP contribution in [0.5, 0.6) is 0 Å². The van der Waals surface area contributed by atoms with Crippen molar-refractivity contribution in [1.29, 1.82) is 0 Å². The van der Waals surface area contributed by atoms with Crippen molar-refractivity contribution in [3.05, 3.63) is 35.1 Å². The van der Waals surface area contributed by atoms with Crippen molar-refractivity contribution in [2.75, 3.05) is 0 Å². The Bertz CT molecular complexity index is 420. The molecule has 0 bridgehead atoms. The van der Waals surface area contributed by atoms with E-state index in [1.165, 1.54) is 6.07 Å². The van der Waals surface area contributed by atoms with E-state index in [-0.39, 0.29) is 5.92 Å². The van der Waals surface area contributed by atoms with Gasteiger partial charge in [-0.25, -0.2) is 4.39 Å². The lowest BCUT2D eigenvalue weighted by Gasteiger charge is -2.10. The maximum absolute atomic E-state index is 13.1. The van der Waals surface area contributed by atoms with E-state index < -0.39 is 17.6 Å². The summed E-state index contributed by atoms with van der Waals surface area (Å²) in [6.45, 7) is 4.11. The molecule has 0 aliphatic heterocycles. The third-order valence-corrected chi connectivity index (χ3v) is 3.42. The molecule has 1 fully saturated rings. The van der Waals surface area contributed by atoms with Gasteiger partial charge in [-0.1, -0.05) is 19.9 Å². The van der Waals surface area contributed by atoms with Gasteiger partial charge in [-0.15, -0.1) is 0 Å². The van der Waals surface area contributed by atoms with E-state index in [0.29, 0.717) is 17.4 Å². The highest BCUT2D eigenvalue weighted by Gasteiger charge is 2.42. The van der Waals surface area contributed by atoms with Gasteiger partial charge in [0.15, 0.2) is 0 Å². The van der Waals surface area contributed by atoms with Crippen LogP contribution in [0, 0.1) is 17.7 Å². The van der Waals surface area contributed by atoms with Crippen LogP contribution in [-0.4, -0.2) is 0 Å². The van der Waals surface area contributed by atoms with E-state index in [4.69, 9.17) is 0 Å². The van der Waals surface area contributed by atoms with E-state index in [9.17, 15) is 17.6 Å². The molecular formula is C13H14F4. The average Bonchev–Trinajstić information content (AvgIpc) is 2.96. The van der Waals surface area contributed by atoms with Crippen LogP contribution in [0.15, 0.2) is 18.2 Å². The largest absolute Gasteiger partial charge is 0.419 e. The molecule has 0 saturated heterocycles. The molecule has 2 rings (SSSR count). The minimum Gasteiger partial charge on any atom is -0.206 e. The fraction of sp³-hybridized carbons (Fsp3) is 0.538. The van der Waals surface area contributed by atoms with E-state index in [1.807, 2.05) is 0 Å². The predicted octanol–water partition coefficient (Wildman–Crippen LogP) is 4.60. The molecule has 0 nitrogen and oxygen atoms in total. The first-order valence-corrected chi connectivity index (χ1v) is 5.67. The Kier molecular flexibility index (Phi) is 2.92. The second kappa shape index (κ2) is 4.00. The van der Waals surface area contributed by atoms with Crippen LogP contribution < -0.4 is 0 Å². The third kappa shape index (κ3) is 2.45. The lowest BCUT2D eigenvalue weighted by atomic mass is 10.0. The van der Waals surface area contributed by atoms with Gasteiger partial charge in [-0.3, -0.25) is 0 Å². The molecule has 0 aromatic heterocycles. The SMILES string of the molecule is CC(C)[C@H]1C[C@@H]1c1ccc(F)c(C(F)(F)F)c1. The van der Waals surface area contributed by atoms with E-state index in [2.05, 4.69) is 13.8 Å². The second-order valence-electron chi connectivity index (χ2n) is 4.99. The highest BCUT2D eigenvalue weighted by atomic mass is 19.4. The number of benzene rings is 1. The van der Waals surface area contributed by atoms with Crippen LogP contribution in [0.25, 0.3) is 0 Å². The summed E-state index contributed by atoms with van der Waals surface area (Å²) in [5.41, 5.74) is -0.540. The maximum atomic E-state index is 13.1. The van der Waals surface area contributed by atoms with Crippen molar-refractivity contribution < 1.29 is 17.6 Å². The Morgan fingerprint density at radius 1 is 1.24 bits per heavy atom. The molecule has 0 amide bonds. The molecule has 2 atom stereocenters. The van der Waals surface area contributed by atoms with Gasteiger partial charge in [-0.2, -0.15) is 13.2 Å². The molecule has 0 unspecified atom stereocenters. The number of hydrogen-bond acceptors (Lipinski definition) is 0. The van der Waals surface area contributed by atoms with Gasteiger partial charge < -0.3 is 0 Å². The zero-order valence-corrected chi connectivity index (χ0v) is 9.68. The van der Waals surface area contributed by atoms with Crippen molar-refractivity contribution in [2.45, 2.75) is 32.4 Å². The molecular weight excluding hydrogens is 232 g/mol. The Hall–Kier alpha value is -1.06. The summed E-state index contributed by atoms with van der Waals surface area (Å²) in [6.07, 6.45) is -3.71. The molecule has 1 aromatic carbocycles. The molecule has 17 heavy (non-hydrogen) atoms. The van der Waals surface area contributed by atoms with E-state index >= 15 is 0 Å². The van der Waals surface area contributed by atoms with E-state index in [1.54, 1.807) is 0 Å². The summed E-state index contributed by atoms with van der Waals surface area (Å²) in [5, 5.41) is 0. The molecule has 0 radical (unpaired) electrons. The summed E-state index contributed by atoms with van der Waals surface area (Å²) >= 11 is 0. The molecule has 0 N–H and O–H groups in total. The summed E-state index contributed by atoms with van der Waals surface area (Å²) in [5.74, 6) is -0.138. The normalized spacial score (nSPS) is 24.2. The summed E-state index contributed by atoms with van der Waals surface area (Å²) in [4.78, 5) is 0. The quantitative estimate of drug-likeness (QED) is 0.669. The van der Waals surface area contributed by atoms with Crippen LogP contribution in [0.2, 0.25) is 0 Å². The molecule has 1 aliphatic rings. The lowest BCUT2D eigenvalue weighted by Crippen LogP contribution is -2.08. The van der Waals surface area contributed by atoms with Crippen molar-refractivity contribution in [3.63, 3.8) is 0 Å². The minimum absolute atomic E-state index is 0.164. The number of alkyl halides is 3. The lowest BCUT2D eigenvalue weighted by molar-refractivity contribution is -0.140. The third-order valence-electron chi connectivity index (χ3n) is 3.42. The van der Waals surface area contributed by atoms with Gasteiger partial charge in [0.05, 0.1) is 5.56 Å². The zero-order valence-electron chi connectivity index (χ0n) is 9.68. The molecule has 1 aromatic rings. The van der Waals surface area contributed by atoms with Crippen molar-refractivity contribution in [2.24, 2.45) is 11.8 Å². The smallest absolute Gasteiger partial charge is 0.206 e. The van der Waals surface area contributed by atoms with Gasteiger partial charge >= 0.3 is 6.18 Å². The Labute approximate surface area is 97.6 Å². The number of hydrogen-bond donors (Lipinski definition) is 0. The standard InChI is InChI=1S/C13H14F4/c1-7(2)9-6-10(9)8-3-4-12(14)11(5-8)13(15,16)17/h3-5,7,9-10H,6H2,1-2H3/t9-,10-/m1/s1. The molecule has 0 spiro atoms. The van der Waals surface area contributed by atoms with Crippen LogP contribution in [0.3, 0.4) is 0 Å². The molecule has 1 saturated carbocycles. The summed E-state index contributed by atoms with van der Waals surface area (Å²) in [6, 6.07) is 3.36. The number of rotatable bonds is 2. The Morgan fingerprint density at radius 3 is 2.35 bits per heavy atom. The first-order chi connectivity index (χ1) is 7.80. The second-order valence-corrected chi connectivity index (χ2v) is 4.99. The van der Waals surface area contributed by atoms with E-state index in [0.717, 1.165) is 18.6 Å². The van der Waals surface area contributed by atoms with Gasteiger partial charge in [0.2, 0.25) is 0 Å². The van der Waals surface area contributed by atoms with Crippen LogP contribution in [-0.2, 0) is 6.18 Å². The van der Waals surface area contributed by atoms with Crippen molar-refractivity contribution in [1.82, 2.24) is 0 Å². The summed E-state index contributed by atoms with van der Waals surface area (Å²) in [7, 11) is 0.